The van der Waals surface area contributed by atoms with Crippen LogP contribution in [0.4, 0.5) is 5.69 Å². The van der Waals surface area contributed by atoms with E-state index < -0.39 is 0 Å². The molecule has 2 aromatic rings. The molecule has 0 fully saturated rings. The van der Waals surface area contributed by atoms with Gasteiger partial charge in [-0.1, -0.05) is 13.0 Å². The second-order valence-corrected chi connectivity index (χ2v) is 4.23. The summed E-state index contributed by atoms with van der Waals surface area (Å²) in [6.45, 7) is 2.88. The van der Waals surface area contributed by atoms with Gasteiger partial charge >= 0.3 is 0 Å². The highest BCUT2D eigenvalue weighted by Crippen LogP contribution is 2.30. The topological polar surface area (TPSA) is 69.6 Å². The van der Waals surface area contributed by atoms with Crippen molar-refractivity contribution in [1.29, 1.82) is 0 Å². The number of anilines is 1. The van der Waals surface area contributed by atoms with Crippen LogP contribution in [0.5, 0.6) is 0 Å². The number of hydrogen-bond donors (Lipinski definition) is 1. The van der Waals surface area contributed by atoms with Crippen molar-refractivity contribution in [2.24, 2.45) is 0 Å². The smallest absolute Gasteiger partial charge is 0.183 e. The molecule has 0 radical (unpaired) electrons. The first kappa shape index (κ1) is 11.1. The van der Waals surface area contributed by atoms with Crippen molar-refractivity contribution in [3.63, 3.8) is 0 Å². The van der Waals surface area contributed by atoms with Crippen LogP contribution in [-0.4, -0.2) is 20.2 Å². The lowest BCUT2D eigenvalue weighted by Crippen LogP contribution is -2.02. The van der Waals surface area contributed by atoms with Gasteiger partial charge in [-0.25, -0.2) is 4.68 Å². The molecule has 0 amide bonds. The molecular formula is C10H12BrN5. The van der Waals surface area contributed by atoms with Gasteiger partial charge in [-0.3, -0.25) is 0 Å². The van der Waals surface area contributed by atoms with E-state index in [0.717, 1.165) is 28.8 Å². The average Bonchev–Trinajstić information content (AvgIpc) is 2.71. The second-order valence-electron chi connectivity index (χ2n) is 3.43. The van der Waals surface area contributed by atoms with Crippen LogP contribution in [0.25, 0.3) is 11.4 Å². The van der Waals surface area contributed by atoms with E-state index in [1.807, 2.05) is 18.2 Å². The molecule has 16 heavy (non-hydrogen) atoms. The van der Waals surface area contributed by atoms with E-state index >= 15 is 0 Å². The number of nitrogens with zero attached hydrogens (tertiary/aromatic N) is 4. The minimum Gasteiger partial charge on any atom is -0.398 e. The van der Waals surface area contributed by atoms with Crippen molar-refractivity contribution in [3.05, 3.63) is 22.7 Å². The maximum Gasteiger partial charge on any atom is 0.183 e. The van der Waals surface area contributed by atoms with Gasteiger partial charge < -0.3 is 5.73 Å². The van der Waals surface area contributed by atoms with E-state index in [4.69, 9.17) is 5.73 Å². The van der Waals surface area contributed by atoms with Gasteiger partial charge in [0.1, 0.15) is 0 Å². The Labute approximate surface area is 102 Å². The highest BCUT2D eigenvalue weighted by Gasteiger charge is 2.12. The van der Waals surface area contributed by atoms with Gasteiger partial charge in [-0.05, 0) is 44.9 Å². The van der Waals surface area contributed by atoms with E-state index in [1.165, 1.54) is 0 Å². The molecule has 2 rings (SSSR count). The molecule has 0 bridgehead atoms. The molecule has 0 unspecified atom stereocenters. The predicted molar refractivity (Wildman–Crippen MR) is 65.7 cm³/mol. The molecule has 6 heteroatoms. The average molecular weight is 282 g/mol. The van der Waals surface area contributed by atoms with Crippen LogP contribution >= 0.6 is 15.9 Å². The van der Waals surface area contributed by atoms with Crippen molar-refractivity contribution in [3.8, 4) is 11.4 Å². The van der Waals surface area contributed by atoms with Gasteiger partial charge in [0.05, 0.1) is 4.47 Å². The first-order chi connectivity index (χ1) is 7.74. The summed E-state index contributed by atoms with van der Waals surface area (Å²) in [5.41, 5.74) is 7.43. The van der Waals surface area contributed by atoms with Crippen LogP contribution in [0.3, 0.4) is 0 Å². The van der Waals surface area contributed by atoms with E-state index in [0.29, 0.717) is 5.69 Å². The fraction of sp³-hybridized carbons (Fsp3) is 0.300. The molecule has 1 heterocycles. The van der Waals surface area contributed by atoms with Crippen LogP contribution in [0.15, 0.2) is 22.7 Å². The number of hydrogen-bond acceptors (Lipinski definition) is 4. The third kappa shape index (κ3) is 1.92. The fourth-order valence-electron chi connectivity index (χ4n) is 1.48. The number of nitrogens with two attached hydrogens (primary N) is 1. The minimum absolute atomic E-state index is 0.684. The fourth-order valence-corrected chi connectivity index (χ4v) is 1.92. The Morgan fingerprint density at radius 3 is 3.00 bits per heavy atom. The molecule has 5 nitrogen and oxygen atoms in total. The van der Waals surface area contributed by atoms with Gasteiger partial charge in [0, 0.05) is 17.8 Å². The summed E-state index contributed by atoms with van der Waals surface area (Å²) in [6, 6.07) is 5.67. The first-order valence-electron chi connectivity index (χ1n) is 5.04. The molecule has 0 saturated heterocycles. The molecule has 1 aromatic carbocycles. The van der Waals surface area contributed by atoms with Crippen LogP contribution in [-0.2, 0) is 6.54 Å². The molecule has 0 aliphatic heterocycles. The third-order valence-electron chi connectivity index (χ3n) is 2.24. The highest BCUT2D eigenvalue weighted by molar-refractivity contribution is 9.10. The number of nitrogen functional groups attached to an aromatic ring is 1. The molecule has 2 N–H and O–H groups in total. The lowest BCUT2D eigenvalue weighted by atomic mass is 10.2. The largest absolute Gasteiger partial charge is 0.398 e. The van der Waals surface area contributed by atoms with Gasteiger partial charge in [-0.15, -0.1) is 5.10 Å². The Morgan fingerprint density at radius 2 is 2.25 bits per heavy atom. The maximum atomic E-state index is 5.83. The second kappa shape index (κ2) is 4.61. The lowest BCUT2D eigenvalue weighted by Gasteiger charge is -2.06. The highest BCUT2D eigenvalue weighted by atomic mass is 79.9. The lowest BCUT2D eigenvalue weighted by molar-refractivity contribution is 0.583. The van der Waals surface area contributed by atoms with Gasteiger partial charge in [0.15, 0.2) is 5.82 Å². The van der Waals surface area contributed by atoms with E-state index in [-0.39, 0.29) is 0 Å². The summed E-state index contributed by atoms with van der Waals surface area (Å²) in [6.07, 6.45) is 0.984. The summed E-state index contributed by atoms with van der Waals surface area (Å²) in [5.74, 6) is 0.737. The Kier molecular flexibility index (Phi) is 3.19. The Balaban J connectivity index is 2.50. The number of aromatic nitrogens is 4. The quantitative estimate of drug-likeness (QED) is 0.875. The van der Waals surface area contributed by atoms with Gasteiger partial charge in [0.25, 0.3) is 0 Å². The number of benzene rings is 1. The van der Waals surface area contributed by atoms with Crippen LogP contribution in [0, 0.1) is 0 Å². The van der Waals surface area contributed by atoms with Gasteiger partial charge in [-0.2, -0.15) is 0 Å². The summed E-state index contributed by atoms with van der Waals surface area (Å²) < 4.78 is 2.61. The minimum atomic E-state index is 0.684. The summed E-state index contributed by atoms with van der Waals surface area (Å²) >= 11 is 3.45. The molecule has 0 aliphatic rings. The van der Waals surface area contributed by atoms with Crippen LogP contribution < -0.4 is 5.73 Å². The van der Waals surface area contributed by atoms with E-state index in [1.54, 1.807) is 4.68 Å². The number of halogens is 1. The molecule has 0 saturated carbocycles. The van der Waals surface area contributed by atoms with Crippen LogP contribution in [0.2, 0.25) is 0 Å². The van der Waals surface area contributed by atoms with Crippen molar-refractivity contribution in [2.45, 2.75) is 19.9 Å². The molecule has 0 aliphatic carbocycles. The summed E-state index contributed by atoms with van der Waals surface area (Å²) in [4.78, 5) is 0. The molecule has 0 atom stereocenters. The first-order valence-corrected chi connectivity index (χ1v) is 5.84. The maximum absolute atomic E-state index is 5.83. The zero-order valence-corrected chi connectivity index (χ0v) is 10.5. The van der Waals surface area contributed by atoms with Crippen LogP contribution in [0.1, 0.15) is 13.3 Å². The van der Waals surface area contributed by atoms with E-state index in [9.17, 15) is 0 Å². The normalized spacial score (nSPS) is 10.6. The van der Waals surface area contributed by atoms with E-state index in [2.05, 4.69) is 38.4 Å². The van der Waals surface area contributed by atoms with Crippen molar-refractivity contribution in [2.75, 3.05) is 5.73 Å². The SMILES string of the molecule is CCCn1nnnc1-c1cccc(N)c1Br. The zero-order valence-electron chi connectivity index (χ0n) is 8.89. The monoisotopic (exact) mass is 281 g/mol. The Morgan fingerprint density at radius 1 is 1.44 bits per heavy atom. The molecule has 1 aromatic heterocycles. The van der Waals surface area contributed by atoms with Crippen molar-refractivity contribution in [1.82, 2.24) is 20.2 Å². The predicted octanol–water partition coefficient (Wildman–Crippen LogP) is 2.09. The number of aryl methyl sites for hydroxylation is 1. The zero-order chi connectivity index (χ0) is 11.5. The summed E-state index contributed by atoms with van der Waals surface area (Å²) in [7, 11) is 0. The van der Waals surface area contributed by atoms with Crippen molar-refractivity contribution < 1.29 is 0 Å². The third-order valence-corrected chi connectivity index (χ3v) is 3.12. The molecule has 84 valence electrons. The summed E-state index contributed by atoms with van der Waals surface area (Å²) in [5, 5.41) is 11.7. The Bertz CT molecular complexity index is 494. The van der Waals surface area contributed by atoms with Gasteiger partial charge in [0.2, 0.25) is 0 Å². The number of rotatable bonds is 3. The van der Waals surface area contributed by atoms with Crippen molar-refractivity contribution >= 4 is 21.6 Å². The standard InChI is InChI=1S/C10H12BrN5/c1-2-6-16-10(13-14-15-16)7-4-3-5-8(12)9(7)11/h3-5H,2,6,12H2,1H3. The number of tetrazole rings is 1. The molecule has 0 spiro atoms. The molecular weight excluding hydrogens is 270 g/mol. The Hall–Kier alpha value is -1.43.